The molecule has 2 heterocycles. The van der Waals surface area contributed by atoms with Crippen LogP contribution >= 0.6 is 11.6 Å². The molecular formula is C15H23ClN4O5S. The Labute approximate surface area is 157 Å². The van der Waals surface area contributed by atoms with Crippen molar-refractivity contribution < 1.29 is 22.7 Å². The second-order valence-electron chi connectivity index (χ2n) is 6.85. The largest absolute Gasteiger partial charge is 0.444 e. The summed E-state index contributed by atoms with van der Waals surface area (Å²) in [5.41, 5.74) is -0.564. The molecule has 146 valence electrons. The molecule has 1 amide bonds. The lowest BCUT2D eigenvalue weighted by Crippen LogP contribution is -2.49. The van der Waals surface area contributed by atoms with Gasteiger partial charge in [0, 0.05) is 19.3 Å². The average molecular weight is 407 g/mol. The molecule has 1 atom stereocenters. The van der Waals surface area contributed by atoms with Gasteiger partial charge in [0.25, 0.3) is 0 Å². The first-order chi connectivity index (χ1) is 12.0. The number of hydrogen-bond acceptors (Lipinski definition) is 7. The van der Waals surface area contributed by atoms with E-state index in [1.54, 1.807) is 4.90 Å². The molecule has 11 heteroatoms. The van der Waals surface area contributed by atoms with E-state index in [0.717, 1.165) is 6.20 Å². The number of carbonyl (C=O) groups excluding carboxylic acids is 1. The number of morpholine rings is 1. The van der Waals surface area contributed by atoms with Crippen LogP contribution < -0.4 is 10.5 Å². The van der Waals surface area contributed by atoms with Crippen molar-refractivity contribution in [1.82, 2.24) is 9.88 Å². The van der Waals surface area contributed by atoms with Gasteiger partial charge in [-0.1, -0.05) is 11.6 Å². The molecule has 26 heavy (non-hydrogen) atoms. The van der Waals surface area contributed by atoms with Gasteiger partial charge in [0.2, 0.25) is 10.0 Å². The molecule has 1 aliphatic heterocycles. The Morgan fingerprint density at radius 1 is 1.54 bits per heavy atom. The number of amides is 1. The molecular weight excluding hydrogens is 384 g/mol. The standard InChI is InChI=1S/C15H23ClN4O5S/c1-15(2,3)25-14(21)20-4-5-24-10(9-20)7-18-13-12(16)6-11(8-19-13)26(17,22)23/h6,8,10H,4-5,7,9H2,1-3H3,(H,18,19)(H2,17,22,23). The first-order valence-corrected chi connectivity index (χ1v) is 9.90. The number of pyridine rings is 1. The van der Waals surface area contributed by atoms with E-state index in [9.17, 15) is 13.2 Å². The molecule has 0 spiro atoms. The minimum atomic E-state index is -3.87. The van der Waals surface area contributed by atoms with Crippen molar-refractivity contribution >= 4 is 33.5 Å². The number of nitrogens with zero attached hydrogens (tertiary/aromatic N) is 2. The summed E-state index contributed by atoms with van der Waals surface area (Å²) in [7, 11) is -3.87. The number of rotatable bonds is 4. The summed E-state index contributed by atoms with van der Waals surface area (Å²) in [4.78, 5) is 17.5. The van der Waals surface area contributed by atoms with E-state index >= 15 is 0 Å². The Bertz CT molecular complexity index is 766. The van der Waals surface area contributed by atoms with Crippen molar-refractivity contribution in [3.8, 4) is 0 Å². The van der Waals surface area contributed by atoms with Crippen molar-refractivity contribution in [2.75, 3.05) is 31.6 Å². The van der Waals surface area contributed by atoms with Gasteiger partial charge in [-0.25, -0.2) is 23.3 Å². The number of nitrogens with one attached hydrogen (secondary N) is 1. The zero-order valence-electron chi connectivity index (χ0n) is 14.9. The monoisotopic (exact) mass is 406 g/mol. The van der Waals surface area contributed by atoms with Gasteiger partial charge in [-0.2, -0.15) is 0 Å². The fourth-order valence-electron chi connectivity index (χ4n) is 2.25. The number of hydrogen-bond donors (Lipinski definition) is 2. The van der Waals surface area contributed by atoms with Crippen molar-refractivity contribution in [2.24, 2.45) is 5.14 Å². The van der Waals surface area contributed by atoms with Crippen LogP contribution in [-0.2, 0) is 19.5 Å². The van der Waals surface area contributed by atoms with Crippen LogP contribution in [0.4, 0.5) is 10.6 Å². The molecule has 1 aromatic rings. The number of ether oxygens (including phenoxy) is 2. The third-order valence-electron chi connectivity index (χ3n) is 3.43. The number of halogens is 1. The first-order valence-electron chi connectivity index (χ1n) is 7.97. The molecule has 0 radical (unpaired) electrons. The summed E-state index contributed by atoms with van der Waals surface area (Å²) < 4.78 is 33.6. The highest BCUT2D eigenvalue weighted by Gasteiger charge is 2.28. The van der Waals surface area contributed by atoms with E-state index < -0.39 is 15.6 Å². The predicted octanol–water partition coefficient (Wildman–Crippen LogP) is 1.43. The maximum atomic E-state index is 12.1. The third-order valence-corrected chi connectivity index (χ3v) is 4.60. The second-order valence-corrected chi connectivity index (χ2v) is 8.82. The van der Waals surface area contributed by atoms with Crippen LogP contribution in [0.1, 0.15) is 20.8 Å². The maximum absolute atomic E-state index is 12.1. The number of nitrogens with two attached hydrogens (primary N) is 1. The Kier molecular flexibility index (Phi) is 6.33. The van der Waals surface area contributed by atoms with Gasteiger partial charge in [0.15, 0.2) is 0 Å². The summed E-state index contributed by atoms with van der Waals surface area (Å²) in [6.07, 6.45) is 0.449. The van der Waals surface area contributed by atoms with Gasteiger partial charge in [-0.05, 0) is 26.8 Å². The summed E-state index contributed by atoms with van der Waals surface area (Å²) in [5, 5.41) is 8.15. The minimum Gasteiger partial charge on any atom is -0.444 e. The van der Waals surface area contributed by atoms with Gasteiger partial charge in [-0.3, -0.25) is 0 Å². The molecule has 9 nitrogen and oxygen atoms in total. The lowest BCUT2D eigenvalue weighted by Gasteiger charge is -2.34. The Hall–Kier alpha value is -1.62. The first kappa shape index (κ1) is 20.7. The highest BCUT2D eigenvalue weighted by atomic mass is 35.5. The number of primary sulfonamides is 1. The van der Waals surface area contributed by atoms with E-state index in [1.807, 2.05) is 20.8 Å². The molecule has 3 N–H and O–H groups in total. The van der Waals surface area contributed by atoms with Crippen LogP contribution in [0.5, 0.6) is 0 Å². The van der Waals surface area contributed by atoms with Crippen molar-refractivity contribution in [3.05, 3.63) is 17.3 Å². The van der Waals surface area contributed by atoms with Crippen molar-refractivity contribution in [2.45, 2.75) is 37.4 Å². The second kappa shape index (κ2) is 7.95. The van der Waals surface area contributed by atoms with E-state index in [-0.39, 0.29) is 22.1 Å². The van der Waals surface area contributed by atoms with E-state index in [1.165, 1.54) is 6.07 Å². The molecule has 1 aromatic heterocycles. The van der Waals surface area contributed by atoms with Gasteiger partial charge in [0.05, 0.1) is 24.3 Å². The Morgan fingerprint density at radius 3 is 2.81 bits per heavy atom. The molecule has 2 rings (SSSR count). The van der Waals surface area contributed by atoms with Crippen LogP contribution in [0.2, 0.25) is 5.02 Å². The average Bonchev–Trinajstić information content (AvgIpc) is 2.51. The zero-order chi connectivity index (χ0) is 19.5. The van der Waals surface area contributed by atoms with Crippen LogP contribution in [0.3, 0.4) is 0 Å². The Morgan fingerprint density at radius 2 is 2.23 bits per heavy atom. The molecule has 0 aliphatic carbocycles. The highest BCUT2D eigenvalue weighted by Crippen LogP contribution is 2.22. The Balaban J connectivity index is 1.94. The van der Waals surface area contributed by atoms with E-state index in [4.69, 9.17) is 26.2 Å². The van der Waals surface area contributed by atoms with Crippen LogP contribution in [-0.4, -0.2) is 62.3 Å². The van der Waals surface area contributed by atoms with Gasteiger partial charge >= 0.3 is 6.09 Å². The summed E-state index contributed by atoms with van der Waals surface area (Å²) >= 11 is 6.03. The number of anilines is 1. The third kappa shape index (κ3) is 5.97. The zero-order valence-corrected chi connectivity index (χ0v) is 16.4. The summed E-state index contributed by atoms with van der Waals surface area (Å²) in [6.45, 7) is 6.95. The number of aromatic nitrogens is 1. The maximum Gasteiger partial charge on any atom is 0.410 e. The normalized spacial score (nSPS) is 18.5. The van der Waals surface area contributed by atoms with Crippen LogP contribution in [0, 0.1) is 0 Å². The van der Waals surface area contributed by atoms with Crippen LogP contribution in [0.15, 0.2) is 17.2 Å². The van der Waals surface area contributed by atoms with Gasteiger partial charge < -0.3 is 19.7 Å². The van der Waals surface area contributed by atoms with E-state index in [2.05, 4.69) is 10.3 Å². The fourth-order valence-corrected chi connectivity index (χ4v) is 3.03. The molecule has 0 saturated carbocycles. The van der Waals surface area contributed by atoms with Crippen molar-refractivity contribution in [3.63, 3.8) is 0 Å². The summed E-state index contributed by atoms with van der Waals surface area (Å²) in [6, 6.07) is 1.22. The van der Waals surface area contributed by atoms with Crippen LogP contribution in [0.25, 0.3) is 0 Å². The van der Waals surface area contributed by atoms with Gasteiger partial charge in [-0.15, -0.1) is 0 Å². The molecule has 1 saturated heterocycles. The number of carbonyl (C=O) groups is 1. The van der Waals surface area contributed by atoms with Gasteiger partial charge in [0.1, 0.15) is 16.3 Å². The quantitative estimate of drug-likeness (QED) is 0.774. The van der Waals surface area contributed by atoms with E-state index in [0.29, 0.717) is 32.1 Å². The molecule has 0 bridgehead atoms. The smallest absolute Gasteiger partial charge is 0.410 e. The van der Waals surface area contributed by atoms with Crippen molar-refractivity contribution in [1.29, 1.82) is 0 Å². The highest BCUT2D eigenvalue weighted by molar-refractivity contribution is 7.89. The topological polar surface area (TPSA) is 124 Å². The lowest BCUT2D eigenvalue weighted by molar-refractivity contribution is -0.0371. The predicted molar refractivity (Wildman–Crippen MR) is 96.7 cm³/mol. The SMILES string of the molecule is CC(C)(C)OC(=O)N1CCOC(CNc2ncc(S(N)(=O)=O)cc2Cl)C1. The fraction of sp³-hybridized carbons (Fsp3) is 0.600. The lowest BCUT2D eigenvalue weighted by atomic mass is 10.2. The molecule has 1 aliphatic rings. The molecule has 1 unspecified atom stereocenters. The molecule has 1 fully saturated rings. The number of sulfonamides is 1. The minimum absolute atomic E-state index is 0.122. The summed E-state index contributed by atoms with van der Waals surface area (Å²) in [5.74, 6) is 0.303. The molecule has 0 aromatic carbocycles.